The largest absolute Gasteiger partial charge is 0.466 e. The van der Waals surface area contributed by atoms with Gasteiger partial charge >= 0.3 is 5.97 Å². The summed E-state index contributed by atoms with van der Waals surface area (Å²) >= 11 is 0. The van der Waals surface area contributed by atoms with E-state index in [1.807, 2.05) is 53.4 Å². The molecule has 0 spiro atoms. The number of rotatable bonds is 8. The molecule has 0 saturated heterocycles. The smallest absolute Gasteiger partial charge is 0.302 e. The van der Waals surface area contributed by atoms with Crippen molar-refractivity contribution in [1.82, 2.24) is 4.90 Å². The first-order valence-electron chi connectivity index (χ1n) is 9.89. The van der Waals surface area contributed by atoms with Gasteiger partial charge in [-0.1, -0.05) is 60.7 Å². The van der Waals surface area contributed by atoms with Gasteiger partial charge in [0.2, 0.25) is 0 Å². The highest BCUT2D eigenvalue weighted by Gasteiger charge is 2.37. The molecule has 28 heavy (non-hydrogen) atoms. The molecule has 1 amide bonds. The molecule has 2 aromatic carbocycles. The Morgan fingerprint density at radius 2 is 1.54 bits per heavy atom. The number of hydrogen-bond donors (Lipinski definition) is 0. The van der Waals surface area contributed by atoms with E-state index in [9.17, 15) is 9.59 Å². The summed E-state index contributed by atoms with van der Waals surface area (Å²) in [4.78, 5) is 26.1. The van der Waals surface area contributed by atoms with Crippen molar-refractivity contribution in [2.45, 2.75) is 39.2 Å². The molecule has 4 nitrogen and oxygen atoms in total. The van der Waals surface area contributed by atoms with Crippen molar-refractivity contribution in [3.8, 4) is 0 Å². The first-order chi connectivity index (χ1) is 13.6. The van der Waals surface area contributed by atoms with Gasteiger partial charge in [-0.3, -0.25) is 9.59 Å². The maximum Gasteiger partial charge on any atom is 0.302 e. The summed E-state index contributed by atoms with van der Waals surface area (Å²) in [5.41, 5.74) is 3.96. The average molecular weight is 377 g/mol. The van der Waals surface area contributed by atoms with Crippen LogP contribution < -0.4 is 0 Å². The fourth-order valence-electron chi connectivity index (χ4n) is 3.76. The third-order valence-electron chi connectivity index (χ3n) is 5.13. The van der Waals surface area contributed by atoms with Crippen LogP contribution >= 0.6 is 0 Å². The first kappa shape index (κ1) is 19.9. The number of hydrogen-bond acceptors (Lipinski definition) is 3. The molecule has 1 aliphatic heterocycles. The molecule has 1 aliphatic rings. The zero-order valence-corrected chi connectivity index (χ0v) is 16.6. The molecule has 0 radical (unpaired) electrons. The van der Waals surface area contributed by atoms with Gasteiger partial charge in [0.1, 0.15) is 0 Å². The van der Waals surface area contributed by atoms with Crippen LogP contribution in [0.25, 0.3) is 11.1 Å². The Balaban J connectivity index is 1.76. The molecular formula is C24H27NO3. The predicted molar refractivity (Wildman–Crippen MR) is 111 cm³/mol. The normalized spacial score (nSPS) is 16.6. The van der Waals surface area contributed by atoms with Crippen LogP contribution in [0.5, 0.6) is 0 Å². The first-order valence-corrected chi connectivity index (χ1v) is 9.89. The van der Waals surface area contributed by atoms with Gasteiger partial charge in [-0.15, -0.1) is 0 Å². The van der Waals surface area contributed by atoms with E-state index in [4.69, 9.17) is 4.74 Å². The van der Waals surface area contributed by atoms with Crippen LogP contribution in [0, 0.1) is 0 Å². The molecule has 2 aromatic rings. The SMILES string of the molecule is CC(=O)OCCCCCN1C(=O)C(c2ccccc2)=C(c2ccccc2)C1C. The number of carbonyl (C=O) groups is 2. The van der Waals surface area contributed by atoms with E-state index < -0.39 is 0 Å². The third kappa shape index (κ3) is 4.50. The second-order valence-corrected chi connectivity index (χ2v) is 7.10. The van der Waals surface area contributed by atoms with Gasteiger partial charge in [0, 0.05) is 13.5 Å². The summed E-state index contributed by atoms with van der Waals surface area (Å²) in [6.07, 6.45) is 2.63. The molecule has 0 bridgehead atoms. The number of esters is 1. The summed E-state index contributed by atoms with van der Waals surface area (Å²) in [6, 6.07) is 20.1. The minimum atomic E-state index is -0.243. The van der Waals surface area contributed by atoms with E-state index in [2.05, 4.69) is 19.1 Å². The van der Waals surface area contributed by atoms with Crippen molar-refractivity contribution in [3.63, 3.8) is 0 Å². The molecule has 1 atom stereocenters. The number of carbonyl (C=O) groups excluding carboxylic acids is 2. The van der Waals surface area contributed by atoms with Gasteiger partial charge in [-0.2, -0.15) is 0 Å². The van der Waals surface area contributed by atoms with Crippen molar-refractivity contribution < 1.29 is 14.3 Å². The monoisotopic (exact) mass is 377 g/mol. The number of nitrogens with zero attached hydrogens (tertiary/aromatic N) is 1. The van der Waals surface area contributed by atoms with Crippen LogP contribution in [0.3, 0.4) is 0 Å². The minimum absolute atomic E-state index is 0.0265. The quantitative estimate of drug-likeness (QED) is 0.500. The van der Waals surface area contributed by atoms with Crippen LogP contribution in [0.2, 0.25) is 0 Å². The maximum atomic E-state index is 13.3. The van der Waals surface area contributed by atoms with E-state index in [0.717, 1.165) is 41.5 Å². The zero-order chi connectivity index (χ0) is 19.9. The number of ether oxygens (including phenoxy) is 1. The maximum absolute atomic E-state index is 13.3. The zero-order valence-electron chi connectivity index (χ0n) is 16.6. The van der Waals surface area contributed by atoms with Crippen LogP contribution in [0.4, 0.5) is 0 Å². The Kier molecular flexibility index (Phi) is 6.64. The van der Waals surface area contributed by atoms with Gasteiger partial charge in [0.25, 0.3) is 5.91 Å². The fourth-order valence-corrected chi connectivity index (χ4v) is 3.76. The Labute approximate surface area is 166 Å². The molecule has 0 fully saturated rings. The lowest BCUT2D eigenvalue weighted by molar-refractivity contribution is -0.141. The predicted octanol–water partition coefficient (Wildman–Crippen LogP) is 4.56. The fraction of sp³-hybridized carbons (Fsp3) is 0.333. The van der Waals surface area contributed by atoms with Gasteiger partial charge in [-0.25, -0.2) is 0 Å². The number of amides is 1. The van der Waals surface area contributed by atoms with Gasteiger partial charge in [-0.05, 0) is 42.9 Å². The molecule has 146 valence electrons. The molecular weight excluding hydrogens is 350 g/mol. The molecule has 3 rings (SSSR count). The molecule has 0 aliphatic carbocycles. The van der Waals surface area contributed by atoms with Crippen molar-refractivity contribution in [2.24, 2.45) is 0 Å². The van der Waals surface area contributed by atoms with Crippen molar-refractivity contribution >= 4 is 23.0 Å². The summed E-state index contributed by atoms with van der Waals surface area (Å²) in [6.45, 7) is 4.68. The van der Waals surface area contributed by atoms with Crippen molar-refractivity contribution in [1.29, 1.82) is 0 Å². The molecule has 4 heteroatoms. The Hall–Kier alpha value is -2.88. The van der Waals surface area contributed by atoms with Crippen LogP contribution in [-0.4, -0.2) is 36.0 Å². The number of benzene rings is 2. The van der Waals surface area contributed by atoms with E-state index in [0.29, 0.717) is 13.2 Å². The Morgan fingerprint density at radius 3 is 2.14 bits per heavy atom. The van der Waals surface area contributed by atoms with E-state index >= 15 is 0 Å². The highest BCUT2D eigenvalue weighted by Crippen LogP contribution is 2.39. The standard InChI is InChI=1S/C24H27NO3/c1-18-22(20-12-6-3-7-13-20)23(21-14-8-4-9-15-21)24(27)25(18)16-10-5-11-17-28-19(2)26/h3-4,6-9,12-15,18H,5,10-11,16-17H2,1-2H3. The van der Waals surface area contributed by atoms with Crippen molar-refractivity contribution in [3.05, 3.63) is 71.8 Å². The second kappa shape index (κ2) is 9.36. The summed E-state index contributed by atoms with van der Waals surface area (Å²) in [5, 5.41) is 0. The summed E-state index contributed by atoms with van der Waals surface area (Å²) in [5.74, 6) is -0.148. The highest BCUT2D eigenvalue weighted by molar-refractivity contribution is 6.30. The number of unbranched alkanes of at least 4 members (excludes halogenated alkanes) is 2. The van der Waals surface area contributed by atoms with Crippen LogP contribution in [0.15, 0.2) is 60.7 Å². The molecule has 1 unspecified atom stereocenters. The van der Waals surface area contributed by atoms with Gasteiger partial charge in [0.05, 0.1) is 18.2 Å². The van der Waals surface area contributed by atoms with Gasteiger partial charge in [0.15, 0.2) is 0 Å². The minimum Gasteiger partial charge on any atom is -0.466 e. The van der Waals surface area contributed by atoms with E-state index in [-0.39, 0.29) is 17.9 Å². The van der Waals surface area contributed by atoms with Gasteiger partial charge < -0.3 is 9.64 Å². The third-order valence-corrected chi connectivity index (χ3v) is 5.13. The van der Waals surface area contributed by atoms with Crippen molar-refractivity contribution in [2.75, 3.05) is 13.2 Å². The summed E-state index contributed by atoms with van der Waals surface area (Å²) < 4.78 is 4.98. The topological polar surface area (TPSA) is 46.6 Å². The van der Waals surface area contributed by atoms with E-state index in [1.54, 1.807) is 0 Å². The lowest BCUT2D eigenvalue weighted by Gasteiger charge is -2.24. The highest BCUT2D eigenvalue weighted by atomic mass is 16.5. The average Bonchev–Trinajstić information content (AvgIpc) is 2.96. The Bertz CT molecular complexity index is 843. The molecule has 0 aromatic heterocycles. The van der Waals surface area contributed by atoms with E-state index in [1.165, 1.54) is 6.92 Å². The second-order valence-electron chi connectivity index (χ2n) is 7.10. The molecule has 1 heterocycles. The molecule has 0 N–H and O–H groups in total. The van der Waals surface area contributed by atoms with Crippen LogP contribution in [0.1, 0.15) is 44.2 Å². The lowest BCUT2D eigenvalue weighted by atomic mass is 9.93. The summed E-state index contributed by atoms with van der Waals surface area (Å²) in [7, 11) is 0. The Morgan fingerprint density at radius 1 is 0.929 bits per heavy atom. The van der Waals surface area contributed by atoms with Crippen LogP contribution in [-0.2, 0) is 14.3 Å². The molecule has 0 saturated carbocycles. The lowest BCUT2D eigenvalue weighted by Crippen LogP contribution is -2.34.